The van der Waals surface area contributed by atoms with Gasteiger partial charge in [-0.2, -0.15) is 16.9 Å². The molecule has 3 rings (SSSR count). The van der Waals surface area contributed by atoms with Gasteiger partial charge >= 0.3 is 0 Å². The Labute approximate surface area is 122 Å². The van der Waals surface area contributed by atoms with Gasteiger partial charge in [0.05, 0.1) is 6.20 Å². The van der Waals surface area contributed by atoms with Crippen LogP contribution in [0.2, 0.25) is 0 Å². The molecule has 2 aromatic heterocycles. The minimum Gasteiger partial charge on any atom is -0.338 e. The van der Waals surface area contributed by atoms with E-state index in [0.29, 0.717) is 11.5 Å². The van der Waals surface area contributed by atoms with E-state index < -0.39 is 0 Å². The van der Waals surface area contributed by atoms with Crippen LogP contribution in [0.4, 0.5) is 0 Å². The van der Waals surface area contributed by atoms with E-state index in [2.05, 4.69) is 11.4 Å². The van der Waals surface area contributed by atoms with Crippen LogP contribution in [0.3, 0.4) is 0 Å². The van der Waals surface area contributed by atoms with E-state index in [-0.39, 0.29) is 5.91 Å². The highest BCUT2D eigenvalue weighted by molar-refractivity contribution is 7.98. The average molecular weight is 292 g/mol. The second kappa shape index (κ2) is 5.52. The number of rotatable bonds is 3. The van der Waals surface area contributed by atoms with Crippen LogP contribution in [-0.2, 0) is 7.05 Å². The first-order valence-corrected chi connectivity index (χ1v) is 8.37. The standard InChI is InChI=1S/C14H20N4OS/c1-16-6-7-18-13(16)12(8-15-18)14(19)17-5-3-4-11(9-17)10-20-2/h6-8,11H,3-5,9-10H2,1-2H3. The summed E-state index contributed by atoms with van der Waals surface area (Å²) in [6, 6.07) is 0. The largest absolute Gasteiger partial charge is 0.338 e. The van der Waals surface area contributed by atoms with Crippen LogP contribution in [0.15, 0.2) is 18.6 Å². The summed E-state index contributed by atoms with van der Waals surface area (Å²) >= 11 is 1.87. The molecule has 1 atom stereocenters. The Bertz CT molecular complexity index is 616. The molecule has 1 aliphatic rings. The molecular weight excluding hydrogens is 272 g/mol. The molecule has 1 saturated heterocycles. The highest BCUT2D eigenvalue weighted by atomic mass is 32.2. The molecule has 1 amide bonds. The van der Waals surface area contributed by atoms with Crippen LogP contribution in [0, 0.1) is 5.92 Å². The first kappa shape index (κ1) is 13.5. The number of carbonyl (C=O) groups is 1. The van der Waals surface area contributed by atoms with Gasteiger partial charge in [-0.05, 0) is 30.8 Å². The van der Waals surface area contributed by atoms with Crippen LogP contribution in [-0.4, -0.2) is 50.1 Å². The molecule has 0 bridgehead atoms. The highest BCUT2D eigenvalue weighted by Gasteiger charge is 2.26. The third-order valence-electron chi connectivity index (χ3n) is 3.97. The fourth-order valence-electron chi connectivity index (χ4n) is 2.99. The Morgan fingerprint density at radius 1 is 1.50 bits per heavy atom. The van der Waals surface area contributed by atoms with Crippen LogP contribution in [0.5, 0.6) is 0 Å². The van der Waals surface area contributed by atoms with Gasteiger partial charge in [-0.15, -0.1) is 0 Å². The van der Waals surface area contributed by atoms with E-state index >= 15 is 0 Å². The lowest BCUT2D eigenvalue weighted by Gasteiger charge is -2.32. The maximum Gasteiger partial charge on any atom is 0.259 e. The number of piperidine rings is 1. The molecule has 3 heterocycles. The molecule has 0 saturated carbocycles. The highest BCUT2D eigenvalue weighted by Crippen LogP contribution is 2.22. The van der Waals surface area contributed by atoms with Gasteiger partial charge in [0.15, 0.2) is 0 Å². The van der Waals surface area contributed by atoms with Crippen molar-refractivity contribution < 1.29 is 4.79 Å². The average Bonchev–Trinajstić information content (AvgIpc) is 3.02. The molecule has 0 radical (unpaired) electrons. The summed E-state index contributed by atoms with van der Waals surface area (Å²) in [6.45, 7) is 1.74. The van der Waals surface area contributed by atoms with E-state index in [0.717, 1.165) is 30.9 Å². The zero-order valence-corrected chi connectivity index (χ0v) is 12.8. The summed E-state index contributed by atoms with van der Waals surface area (Å²) in [5.74, 6) is 1.88. The number of likely N-dealkylation sites (tertiary alicyclic amines) is 1. The quantitative estimate of drug-likeness (QED) is 0.867. The van der Waals surface area contributed by atoms with E-state index in [9.17, 15) is 4.79 Å². The lowest BCUT2D eigenvalue weighted by atomic mass is 9.99. The Kier molecular flexibility index (Phi) is 3.74. The van der Waals surface area contributed by atoms with E-state index in [1.165, 1.54) is 6.42 Å². The molecule has 6 heteroatoms. The molecule has 1 aliphatic heterocycles. The molecule has 2 aromatic rings. The molecule has 0 aliphatic carbocycles. The van der Waals surface area contributed by atoms with Crippen molar-refractivity contribution in [1.29, 1.82) is 0 Å². The van der Waals surface area contributed by atoms with Crippen molar-refractivity contribution in [3.05, 3.63) is 24.2 Å². The monoisotopic (exact) mass is 292 g/mol. The van der Waals surface area contributed by atoms with Crippen molar-refractivity contribution in [3.63, 3.8) is 0 Å². The van der Waals surface area contributed by atoms with Crippen molar-refractivity contribution in [1.82, 2.24) is 19.1 Å². The summed E-state index contributed by atoms with van der Waals surface area (Å²) in [4.78, 5) is 14.7. The van der Waals surface area contributed by atoms with Crippen molar-refractivity contribution >= 4 is 23.3 Å². The number of nitrogens with zero attached hydrogens (tertiary/aromatic N) is 4. The maximum absolute atomic E-state index is 12.7. The number of hydrogen-bond acceptors (Lipinski definition) is 3. The Balaban J connectivity index is 1.83. The minimum absolute atomic E-state index is 0.118. The Morgan fingerprint density at radius 2 is 2.35 bits per heavy atom. The number of amides is 1. The minimum atomic E-state index is 0.118. The van der Waals surface area contributed by atoms with Crippen LogP contribution in [0.25, 0.3) is 5.65 Å². The maximum atomic E-state index is 12.7. The zero-order valence-electron chi connectivity index (χ0n) is 12.0. The van der Waals surface area contributed by atoms with Crippen LogP contribution in [0.1, 0.15) is 23.2 Å². The number of thioether (sulfide) groups is 1. The fraction of sp³-hybridized carbons (Fsp3) is 0.571. The summed E-state index contributed by atoms with van der Waals surface area (Å²) in [6.07, 6.45) is 9.96. The summed E-state index contributed by atoms with van der Waals surface area (Å²) in [7, 11) is 1.94. The van der Waals surface area contributed by atoms with Crippen LogP contribution >= 0.6 is 11.8 Å². The third-order valence-corrected chi connectivity index (χ3v) is 4.78. The number of aryl methyl sites for hydroxylation is 1. The topological polar surface area (TPSA) is 42.5 Å². The summed E-state index contributed by atoms with van der Waals surface area (Å²) in [5, 5.41) is 4.25. The number of aromatic nitrogens is 3. The molecule has 0 aromatic carbocycles. The smallest absolute Gasteiger partial charge is 0.259 e. The third kappa shape index (κ3) is 2.32. The molecule has 1 fully saturated rings. The number of carbonyl (C=O) groups excluding carboxylic acids is 1. The second-order valence-corrected chi connectivity index (χ2v) is 6.36. The normalized spacial score (nSPS) is 19.7. The van der Waals surface area contributed by atoms with Gasteiger partial charge in [-0.1, -0.05) is 0 Å². The molecule has 108 valence electrons. The number of hydrogen-bond donors (Lipinski definition) is 0. The van der Waals surface area contributed by atoms with Gasteiger partial charge in [-0.3, -0.25) is 4.79 Å². The molecule has 0 N–H and O–H groups in total. The van der Waals surface area contributed by atoms with Gasteiger partial charge in [0.1, 0.15) is 11.2 Å². The Morgan fingerprint density at radius 3 is 3.15 bits per heavy atom. The number of fused-ring (bicyclic) bond motifs is 1. The first-order chi connectivity index (χ1) is 9.70. The van der Waals surface area contributed by atoms with Gasteiger partial charge in [0.2, 0.25) is 0 Å². The van der Waals surface area contributed by atoms with Crippen molar-refractivity contribution in [3.8, 4) is 0 Å². The SMILES string of the molecule is CSCC1CCCN(C(=O)c2cnn3ccn(C)c23)C1. The lowest BCUT2D eigenvalue weighted by Crippen LogP contribution is -2.40. The lowest BCUT2D eigenvalue weighted by molar-refractivity contribution is 0.0687. The summed E-state index contributed by atoms with van der Waals surface area (Å²) in [5.41, 5.74) is 1.59. The van der Waals surface area contributed by atoms with E-state index in [4.69, 9.17) is 0 Å². The molecule has 1 unspecified atom stereocenters. The van der Waals surface area contributed by atoms with E-state index in [1.54, 1.807) is 10.7 Å². The van der Waals surface area contributed by atoms with Crippen molar-refractivity contribution in [2.75, 3.05) is 25.1 Å². The number of imidazole rings is 1. The van der Waals surface area contributed by atoms with Crippen molar-refractivity contribution in [2.45, 2.75) is 12.8 Å². The van der Waals surface area contributed by atoms with Crippen molar-refractivity contribution in [2.24, 2.45) is 13.0 Å². The Hall–Kier alpha value is -1.43. The second-order valence-electron chi connectivity index (χ2n) is 5.45. The predicted molar refractivity (Wildman–Crippen MR) is 81.2 cm³/mol. The molecule has 20 heavy (non-hydrogen) atoms. The van der Waals surface area contributed by atoms with Crippen LogP contribution < -0.4 is 0 Å². The van der Waals surface area contributed by atoms with Gasteiger partial charge < -0.3 is 9.47 Å². The van der Waals surface area contributed by atoms with Gasteiger partial charge in [0.25, 0.3) is 5.91 Å². The first-order valence-electron chi connectivity index (χ1n) is 6.97. The van der Waals surface area contributed by atoms with Gasteiger partial charge in [-0.25, -0.2) is 4.52 Å². The molecule has 0 spiro atoms. The van der Waals surface area contributed by atoms with E-state index in [1.807, 2.05) is 40.7 Å². The molecular formula is C14H20N4OS. The predicted octanol–water partition coefficient (Wildman–Crippen LogP) is 1.89. The molecule has 5 nitrogen and oxygen atoms in total. The summed E-state index contributed by atoms with van der Waals surface area (Å²) < 4.78 is 3.71. The van der Waals surface area contributed by atoms with Gasteiger partial charge in [0, 0.05) is 32.5 Å². The fourth-order valence-corrected chi connectivity index (χ4v) is 3.74. The zero-order chi connectivity index (χ0) is 14.1.